The lowest BCUT2D eigenvalue weighted by molar-refractivity contribution is -0.329. The van der Waals surface area contributed by atoms with Crippen molar-refractivity contribution in [3.05, 3.63) is 24.3 Å². The standard InChI is InChI=1S/C20H29BrO4/c1-2-3-6-9-14-12-13-16-15(19-18(21)20(24-16)25-19)10-7-4-5-8-11-17(22)23-14/h4,7,12-16,18-20H,2-3,5-6,8-11H2,1H3/b7-4-,13-12+/t14-,15+,16+,18-,19+,20+/m0/s1. The summed E-state index contributed by atoms with van der Waals surface area (Å²) in [6.07, 6.45) is 15.9. The van der Waals surface area contributed by atoms with Gasteiger partial charge in [-0.25, -0.2) is 0 Å². The van der Waals surface area contributed by atoms with Crippen LogP contribution in [0.2, 0.25) is 0 Å². The molecule has 5 heteroatoms. The zero-order valence-electron chi connectivity index (χ0n) is 14.9. The largest absolute Gasteiger partial charge is 0.458 e. The van der Waals surface area contributed by atoms with E-state index >= 15 is 0 Å². The van der Waals surface area contributed by atoms with Gasteiger partial charge in [-0.15, -0.1) is 0 Å². The summed E-state index contributed by atoms with van der Waals surface area (Å²) in [6.45, 7) is 2.18. The molecule has 6 atom stereocenters. The molecule has 0 amide bonds. The van der Waals surface area contributed by atoms with Gasteiger partial charge in [0.15, 0.2) is 6.29 Å². The quantitative estimate of drug-likeness (QED) is 0.291. The zero-order chi connectivity index (χ0) is 17.6. The maximum atomic E-state index is 12.1. The van der Waals surface area contributed by atoms with Crippen LogP contribution in [0.3, 0.4) is 0 Å². The number of cyclic esters (lactones) is 1. The fraction of sp³-hybridized carbons (Fsp3) is 0.750. The van der Waals surface area contributed by atoms with Gasteiger partial charge in [-0.1, -0.05) is 53.9 Å². The number of carbonyl (C=O) groups is 1. The molecule has 2 bridgehead atoms. The maximum Gasteiger partial charge on any atom is 0.306 e. The Bertz CT molecular complexity index is 504. The van der Waals surface area contributed by atoms with Crippen LogP contribution in [-0.4, -0.2) is 35.4 Å². The number of rotatable bonds is 4. The van der Waals surface area contributed by atoms with Gasteiger partial charge >= 0.3 is 5.97 Å². The summed E-state index contributed by atoms with van der Waals surface area (Å²) >= 11 is 3.68. The van der Waals surface area contributed by atoms with Crippen LogP contribution in [0, 0.1) is 5.92 Å². The molecule has 25 heavy (non-hydrogen) atoms. The molecule has 0 N–H and O–H groups in total. The molecule has 4 aliphatic rings. The minimum absolute atomic E-state index is 0.0235. The molecule has 0 spiro atoms. The molecule has 4 nitrogen and oxygen atoms in total. The van der Waals surface area contributed by atoms with Crippen LogP contribution in [0.15, 0.2) is 24.3 Å². The summed E-state index contributed by atoms with van der Waals surface area (Å²) in [5.74, 6) is 0.209. The van der Waals surface area contributed by atoms with Crippen molar-refractivity contribution in [3.63, 3.8) is 0 Å². The molecule has 140 valence electrons. The first-order valence-corrected chi connectivity index (χ1v) is 10.6. The minimum atomic E-state index is -0.156. The van der Waals surface area contributed by atoms with E-state index in [9.17, 15) is 4.79 Å². The van der Waals surface area contributed by atoms with Gasteiger partial charge in [-0.05, 0) is 38.2 Å². The first-order valence-electron chi connectivity index (χ1n) is 9.67. The second-order valence-electron chi connectivity index (χ2n) is 7.19. The van der Waals surface area contributed by atoms with Gasteiger partial charge in [-0.2, -0.15) is 0 Å². The number of ether oxygens (including phenoxy) is 3. The van der Waals surface area contributed by atoms with Crippen LogP contribution in [0.4, 0.5) is 0 Å². The Hall–Kier alpha value is -0.650. The first kappa shape index (κ1) is 19.1. The Balaban J connectivity index is 1.70. The lowest BCUT2D eigenvalue weighted by Crippen LogP contribution is -2.63. The van der Waals surface area contributed by atoms with Gasteiger partial charge in [0.1, 0.15) is 6.10 Å². The summed E-state index contributed by atoms with van der Waals surface area (Å²) in [5.41, 5.74) is 0. The highest BCUT2D eigenvalue weighted by atomic mass is 79.9. The molecule has 4 heterocycles. The predicted octanol–water partition coefficient (Wildman–Crippen LogP) is 4.67. The Morgan fingerprint density at radius 3 is 2.88 bits per heavy atom. The smallest absolute Gasteiger partial charge is 0.306 e. The van der Waals surface area contributed by atoms with Crippen molar-refractivity contribution < 1.29 is 19.0 Å². The number of esters is 1. The molecule has 3 fully saturated rings. The van der Waals surface area contributed by atoms with Crippen LogP contribution in [0.5, 0.6) is 0 Å². The first-order chi connectivity index (χ1) is 12.2. The summed E-state index contributed by atoms with van der Waals surface area (Å²) in [5, 5.41) is 0. The summed E-state index contributed by atoms with van der Waals surface area (Å²) in [6, 6.07) is 0. The monoisotopic (exact) mass is 412 g/mol. The highest BCUT2D eigenvalue weighted by molar-refractivity contribution is 9.09. The van der Waals surface area contributed by atoms with Crippen LogP contribution in [-0.2, 0) is 19.0 Å². The zero-order valence-corrected chi connectivity index (χ0v) is 16.5. The summed E-state index contributed by atoms with van der Waals surface area (Å²) in [7, 11) is 0. The van der Waals surface area contributed by atoms with Gasteiger partial charge in [0.25, 0.3) is 0 Å². The molecule has 0 radical (unpaired) electrons. The molecular weight excluding hydrogens is 384 g/mol. The lowest BCUT2D eigenvalue weighted by atomic mass is 9.84. The van der Waals surface area contributed by atoms with E-state index in [0.717, 1.165) is 44.9 Å². The second kappa shape index (κ2) is 9.33. The number of unbranched alkanes of at least 4 members (excludes halogenated alkanes) is 2. The molecule has 0 saturated carbocycles. The third kappa shape index (κ3) is 4.95. The Kier molecular flexibility index (Phi) is 7.14. The Labute approximate surface area is 159 Å². The molecule has 0 aromatic rings. The van der Waals surface area contributed by atoms with Crippen molar-refractivity contribution in [2.24, 2.45) is 5.92 Å². The van der Waals surface area contributed by atoms with Crippen molar-refractivity contribution in [1.82, 2.24) is 0 Å². The van der Waals surface area contributed by atoms with Crippen LogP contribution < -0.4 is 0 Å². The fourth-order valence-corrected chi connectivity index (χ4v) is 4.47. The minimum Gasteiger partial charge on any atom is -0.458 e. The molecule has 4 aliphatic heterocycles. The average Bonchev–Trinajstić information content (AvgIpc) is 2.63. The highest BCUT2D eigenvalue weighted by Crippen LogP contribution is 2.44. The van der Waals surface area contributed by atoms with Crippen molar-refractivity contribution in [3.8, 4) is 0 Å². The second-order valence-corrected chi connectivity index (χ2v) is 8.24. The van der Waals surface area contributed by atoms with E-state index in [2.05, 4.69) is 41.1 Å². The lowest BCUT2D eigenvalue weighted by Gasteiger charge is -2.53. The Morgan fingerprint density at radius 2 is 2.08 bits per heavy atom. The van der Waals surface area contributed by atoms with E-state index in [1.54, 1.807) is 0 Å². The van der Waals surface area contributed by atoms with Crippen molar-refractivity contribution >= 4 is 21.9 Å². The maximum absolute atomic E-state index is 12.1. The van der Waals surface area contributed by atoms with Gasteiger partial charge in [-0.3, -0.25) is 4.79 Å². The Morgan fingerprint density at radius 1 is 1.20 bits per heavy atom. The summed E-state index contributed by atoms with van der Waals surface area (Å²) < 4.78 is 17.6. The van der Waals surface area contributed by atoms with Gasteiger partial charge in [0.2, 0.25) is 0 Å². The van der Waals surface area contributed by atoms with Crippen LogP contribution in [0.25, 0.3) is 0 Å². The van der Waals surface area contributed by atoms with Crippen LogP contribution in [0.1, 0.15) is 58.3 Å². The molecule has 0 aliphatic carbocycles. The molecule has 0 aromatic heterocycles. The van der Waals surface area contributed by atoms with E-state index in [1.807, 2.05) is 6.08 Å². The highest BCUT2D eigenvalue weighted by Gasteiger charge is 2.53. The molecular formula is C20H29BrO4. The summed E-state index contributed by atoms with van der Waals surface area (Å²) in [4.78, 5) is 12.4. The number of alkyl halides is 1. The van der Waals surface area contributed by atoms with Crippen molar-refractivity contribution in [2.45, 2.75) is 87.7 Å². The van der Waals surface area contributed by atoms with E-state index < -0.39 is 0 Å². The third-order valence-electron chi connectivity index (χ3n) is 5.22. The van der Waals surface area contributed by atoms with E-state index in [4.69, 9.17) is 14.2 Å². The van der Waals surface area contributed by atoms with Crippen molar-refractivity contribution in [2.75, 3.05) is 0 Å². The number of hydrogen-bond acceptors (Lipinski definition) is 4. The molecule has 0 unspecified atom stereocenters. The number of allylic oxidation sites excluding steroid dienone is 2. The number of halogens is 1. The molecule has 4 rings (SSSR count). The van der Waals surface area contributed by atoms with E-state index in [-0.39, 0.29) is 35.4 Å². The number of carbonyl (C=O) groups excluding carboxylic acids is 1. The van der Waals surface area contributed by atoms with E-state index in [0.29, 0.717) is 12.3 Å². The van der Waals surface area contributed by atoms with Gasteiger partial charge < -0.3 is 14.2 Å². The normalized spacial score (nSPS) is 41.1. The van der Waals surface area contributed by atoms with Gasteiger partial charge in [0, 0.05) is 12.3 Å². The predicted molar refractivity (Wildman–Crippen MR) is 101 cm³/mol. The van der Waals surface area contributed by atoms with Gasteiger partial charge in [0.05, 0.1) is 17.0 Å². The van der Waals surface area contributed by atoms with Crippen LogP contribution >= 0.6 is 15.9 Å². The van der Waals surface area contributed by atoms with E-state index in [1.165, 1.54) is 0 Å². The SMILES string of the molecule is CCCCC[C@H]1/C=C/[C@H]2O[C@@H]3O[C@@H]([C@@H]3Br)[C@@H]2C/C=C\CCCC(=O)O1. The average molecular weight is 413 g/mol. The van der Waals surface area contributed by atoms with Crippen molar-refractivity contribution in [1.29, 1.82) is 0 Å². The molecule has 0 aromatic carbocycles. The number of hydrogen-bond donors (Lipinski definition) is 0. The third-order valence-corrected chi connectivity index (χ3v) is 6.17. The fourth-order valence-electron chi connectivity index (χ4n) is 3.70. The topological polar surface area (TPSA) is 44.8 Å². The molecule has 3 saturated heterocycles.